The quantitative estimate of drug-likeness (QED) is 0.719. The lowest BCUT2D eigenvalue weighted by Crippen LogP contribution is -2.42. The van der Waals surface area contributed by atoms with Gasteiger partial charge in [-0.2, -0.15) is 0 Å². The maximum atomic E-state index is 12.1. The van der Waals surface area contributed by atoms with Crippen molar-refractivity contribution in [2.24, 2.45) is 17.8 Å². The maximum absolute atomic E-state index is 12.1. The molecule has 146 valence electrons. The van der Waals surface area contributed by atoms with Gasteiger partial charge in [0, 0.05) is 11.6 Å². The summed E-state index contributed by atoms with van der Waals surface area (Å²) in [5.41, 5.74) is 1.35. The molecule has 6 nitrogen and oxygen atoms in total. The Morgan fingerprint density at radius 3 is 2.63 bits per heavy atom. The first-order valence-corrected chi connectivity index (χ1v) is 9.73. The number of nitrogens with one attached hydrogen (secondary N) is 2. The van der Waals surface area contributed by atoms with E-state index in [2.05, 4.69) is 10.6 Å². The minimum atomic E-state index is -0.625. The number of ether oxygens (including phenoxy) is 1. The summed E-state index contributed by atoms with van der Waals surface area (Å²) in [6.45, 7) is 3.29. The van der Waals surface area contributed by atoms with E-state index in [1.165, 1.54) is 25.7 Å². The number of hydrogen-bond acceptors (Lipinski definition) is 4. The first-order valence-electron chi connectivity index (χ1n) is 9.73. The van der Waals surface area contributed by atoms with Gasteiger partial charge in [-0.15, -0.1) is 0 Å². The molecule has 2 bridgehead atoms. The van der Waals surface area contributed by atoms with Crippen LogP contribution in [0.3, 0.4) is 0 Å². The highest BCUT2D eigenvalue weighted by Crippen LogP contribution is 2.49. The fraction of sp³-hybridized carbons (Fsp3) is 0.571. The maximum Gasteiger partial charge on any atom is 0.325 e. The second-order valence-electron chi connectivity index (χ2n) is 7.85. The van der Waals surface area contributed by atoms with Gasteiger partial charge in [0.25, 0.3) is 11.8 Å². The molecule has 0 aliphatic heterocycles. The minimum Gasteiger partial charge on any atom is -0.454 e. The van der Waals surface area contributed by atoms with Gasteiger partial charge >= 0.3 is 5.97 Å². The molecule has 2 aliphatic rings. The molecular formula is C21H28N2O4. The molecule has 1 aromatic carbocycles. The van der Waals surface area contributed by atoms with Gasteiger partial charge in [-0.05, 0) is 62.5 Å². The lowest BCUT2D eigenvalue weighted by molar-refractivity contribution is -0.147. The highest BCUT2D eigenvalue weighted by molar-refractivity contribution is 5.97. The first kappa shape index (κ1) is 19.4. The van der Waals surface area contributed by atoms with Crippen molar-refractivity contribution >= 4 is 17.8 Å². The third-order valence-corrected chi connectivity index (χ3v) is 5.97. The largest absolute Gasteiger partial charge is 0.454 e. The first-order chi connectivity index (χ1) is 12.9. The van der Waals surface area contributed by atoms with Gasteiger partial charge in [0.05, 0.1) is 0 Å². The topological polar surface area (TPSA) is 84.5 Å². The van der Waals surface area contributed by atoms with Crippen molar-refractivity contribution in [3.8, 4) is 0 Å². The molecule has 2 aliphatic carbocycles. The zero-order valence-electron chi connectivity index (χ0n) is 16.0. The van der Waals surface area contributed by atoms with Gasteiger partial charge < -0.3 is 15.4 Å². The Labute approximate surface area is 160 Å². The van der Waals surface area contributed by atoms with E-state index in [0.29, 0.717) is 11.5 Å². The van der Waals surface area contributed by atoms with Gasteiger partial charge in [-0.25, -0.2) is 0 Å². The summed E-state index contributed by atoms with van der Waals surface area (Å²) in [5.74, 6) is 0.846. The summed E-state index contributed by atoms with van der Waals surface area (Å²) in [5, 5.41) is 5.48. The van der Waals surface area contributed by atoms with Crippen molar-refractivity contribution < 1.29 is 19.1 Å². The summed E-state index contributed by atoms with van der Waals surface area (Å²) in [6, 6.07) is 7.24. The van der Waals surface area contributed by atoms with Crippen molar-refractivity contribution in [3.05, 3.63) is 35.4 Å². The van der Waals surface area contributed by atoms with Crippen LogP contribution in [-0.2, 0) is 14.3 Å². The second kappa shape index (κ2) is 8.55. The molecule has 0 aromatic heterocycles. The fourth-order valence-corrected chi connectivity index (χ4v) is 4.58. The molecule has 0 radical (unpaired) electrons. The van der Waals surface area contributed by atoms with Crippen molar-refractivity contribution in [1.82, 2.24) is 10.6 Å². The molecule has 0 saturated heterocycles. The normalized spacial score (nSPS) is 24.3. The molecule has 2 saturated carbocycles. The summed E-state index contributed by atoms with van der Waals surface area (Å²) in [6.07, 6.45) is 5.08. The number of aryl methyl sites for hydroxylation is 1. The number of carbonyl (C=O) groups is 3. The van der Waals surface area contributed by atoms with Crippen LogP contribution >= 0.6 is 0 Å². The van der Waals surface area contributed by atoms with Crippen molar-refractivity contribution in [3.63, 3.8) is 0 Å². The van der Waals surface area contributed by atoms with Crippen molar-refractivity contribution in [1.29, 1.82) is 0 Å². The van der Waals surface area contributed by atoms with Gasteiger partial charge in [-0.3, -0.25) is 14.4 Å². The average Bonchev–Trinajstić information content (AvgIpc) is 3.28. The Balaban J connectivity index is 1.35. The Morgan fingerprint density at radius 1 is 1.19 bits per heavy atom. The average molecular weight is 372 g/mol. The third kappa shape index (κ3) is 4.87. The zero-order chi connectivity index (χ0) is 19.4. The SMILES string of the molecule is Cc1ccccc1C(=O)NCC(=O)OCC(=O)N[C@H](C)[C@@H]1C[C@H]2CC[C@H]1C2. The van der Waals surface area contributed by atoms with E-state index in [1.807, 2.05) is 26.0 Å². The van der Waals surface area contributed by atoms with Gasteiger partial charge in [0.15, 0.2) is 6.61 Å². The van der Waals surface area contributed by atoms with E-state index < -0.39 is 5.97 Å². The molecule has 0 heterocycles. The van der Waals surface area contributed by atoms with Crippen LogP contribution in [-0.4, -0.2) is 37.0 Å². The molecule has 0 spiro atoms. The third-order valence-electron chi connectivity index (χ3n) is 5.97. The Kier molecular flexibility index (Phi) is 6.14. The van der Waals surface area contributed by atoms with E-state index in [0.717, 1.165) is 17.4 Å². The van der Waals surface area contributed by atoms with Crippen LogP contribution in [0, 0.1) is 24.7 Å². The van der Waals surface area contributed by atoms with E-state index in [4.69, 9.17) is 4.74 Å². The number of rotatable bonds is 7. The molecule has 6 heteroatoms. The molecule has 2 fully saturated rings. The Hall–Kier alpha value is -2.37. The lowest BCUT2D eigenvalue weighted by atomic mass is 9.84. The second-order valence-corrected chi connectivity index (χ2v) is 7.85. The van der Waals surface area contributed by atoms with Gasteiger partial charge in [0.1, 0.15) is 6.54 Å². The van der Waals surface area contributed by atoms with Crippen LogP contribution in [0.1, 0.15) is 48.5 Å². The summed E-state index contributed by atoms with van der Waals surface area (Å²) in [7, 11) is 0. The molecule has 2 N–H and O–H groups in total. The van der Waals surface area contributed by atoms with E-state index in [1.54, 1.807) is 12.1 Å². The van der Waals surface area contributed by atoms with Gasteiger partial charge in [0.2, 0.25) is 0 Å². The summed E-state index contributed by atoms with van der Waals surface area (Å²) >= 11 is 0. The fourth-order valence-electron chi connectivity index (χ4n) is 4.58. The van der Waals surface area contributed by atoms with Crippen LogP contribution in [0.2, 0.25) is 0 Å². The predicted octanol–water partition coefficient (Wildman–Crippen LogP) is 2.21. The summed E-state index contributed by atoms with van der Waals surface area (Å²) in [4.78, 5) is 35.9. The Bertz CT molecular complexity index is 718. The predicted molar refractivity (Wildman–Crippen MR) is 101 cm³/mol. The number of benzene rings is 1. The summed E-state index contributed by atoms with van der Waals surface area (Å²) < 4.78 is 4.98. The molecule has 0 unspecified atom stereocenters. The van der Waals surface area contributed by atoms with Crippen LogP contribution < -0.4 is 10.6 Å². The van der Waals surface area contributed by atoms with E-state index >= 15 is 0 Å². The molecular weight excluding hydrogens is 344 g/mol. The van der Waals surface area contributed by atoms with Gasteiger partial charge in [-0.1, -0.05) is 24.6 Å². The van der Waals surface area contributed by atoms with Crippen molar-refractivity contribution in [2.75, 3.05) is 13.2 Å². The molecule has 27 heavy (non-hydrogen) atoms. The highest BCUT2D eigenvalue weighted by atomic mass is 16.5. The smallest absolute Gasteiger partial charge is 0.325 e. The minimum absolute atomic E-state index is 0.104. The number of hydrogen-bond donors (Lipinski definition) is 2. The number of fused-ring (bicyclic) bond motifs is 2. The molecule has 1 aromatic rings. The van der Waals surface area contributed by atoms with E-state index in [-0.39, 0.29) is 31.0 Å². The Morgan fingerprint density at radius 2 is 1.96 bits per heavy atom. The molecule has 2 amide bonds. The number of esters is 1. The number of carbonyl (C=O) groups excluding carboxylic acids is 3. The molecule has 3 rings (SSSR count). The lowest BCUT2D eigenvalue weighted by Gasteiger charge is -2.28. The van der Waals surface area contributed by atoms with Crippen LogP contribution in [0.5, 0.6) is 0 Å². The van der Waals surface area contributed by atoms with Crippen LogP contribution in [0.25, 0.3) is 0 Å². The zero-order valence-corrected chi connectivity index (χ0v) is 16.0. The standard InChI is InChI=1S/C21H28N2O4/c1-13-5-3-4-6-17(13)21(26)22-11-20(25)27-12-19(24)23-14(2)18-10-15-7-8-16(18)9-15/h3-6,14-16,18H,7-12H2,1-2H3,(H,22,26)(H,23,24)/t14-,15+,16+,18+/m1/s1. The number of amides is 2. The highest BCUT2D eigenvalue weighted by Gasteiger charge is 2.42. The monoisotopic (exact) mass is 372 g/mol. The van der Waals surface area contributed by atoms with Crippen molar-refractivity contribution in [2.45, 2.75) is 45.6 Å². The van der Waals surface area contributed by atoms with Crippen LogP contribution in [0.4, 0.5) is 0 Å². The van der Waals surface area contributed by atoms with Crippen LogP contribution in [0.15, 0.2) is 24.3 Å². The molecule has 4 atom stereocenters. The van der Waals surface area contributed by atoms with E-state index in [9.17, 15) is 14.4 Å².